The Morgan fingerprint density at radius 2 is 1.25 bits per heavy atom. The lowest BCUT2D eigenvalue weighted by Gasteiger charge is -2.26. The average Bonchev–Trinajstić information content (AvgIpc) is 2.85. The number of benzene rings is 2. The van der Waals surface area contributed by atoms with Gasteiger partial charge >= 0.3 is 12.2 Å². The molecule has 0 aromatic heterocycles. The van der Waals surface area contributed by atoms with Gasteiger partial charge in [-0.1, -0.05) is 48.5 Å². The summed E-state index contributed by atoms with van der Waals surface area (Å²) in [6, 6.07) is 16.7. The van der Waals surface area contributed by atoms with E-state index in [9.17, 15) is 14.4 Å². The van der Waals surface area contributed by atoms with Crippen molar-refractivity contribution in [2.75, 3.05) is 19.6 Å². The van der Waals surface area contributed by atoms with Crippen LogP contribution in [0.25, 0.3) is 11.1 Å². The summed E-state index contributed by atoms with van der Waals surface area (Å²) in [5.41, 5.74) is 11.3. The number of carbonyl (C=O) groups excluding carboxylic acids is 3. The second kappa shape index (κ2) is 15.3. The van der Waals surface area contributed by atoms with E-state index in [-0.39, 0.29) is 25.4 Å². The topological polar surface area (TPSA) is 123 Å². The first-order valence-corrected chi connectivity index (χ1v) is 13.9. The van der Waals surface area contributed by atoms with Crippen molar-refractivity contribution in [3.05, 3.63) is 59.7 Å². The summed E-state index contributed by atoms with van der Waals surface area (Å²) >= 11 is 0. The van der Waals surface area contributed by atoms with Crippen LogP contribution in [0.15, 0.2) is 48.5 Å². The molecular weight excluding hydrogens is 508 g/mol. The van der Waals surface area contributed by atoms with Gasteiger partial charge in [0.25, 0.3) is 0 Å². The zero-order valence-electron chi connectivity index (χ0n) is 24.8. The number of aryl methyl sites for hydroxylation is 2. The van der Waals surface area contributed by atoms with Gasteiger partial charge in [-0.2, -0.15) is 0 Å². The van der Waals surface area contributed by atoms with E-state index < -0.39 is 23.4 Å². The molecule has 220 valence electrons. The molecule has 2 aromatic carbocycles. The SMILES string of the molecule is CC(C)(C)OC(=O)NCCN(NC(=O)OC(C)(C)C)C(=O)CCc1ccc(-c2ccc(CCCCN)cc2)cc1. The minimum absolute atomic E-state index is 0.0540. The summed E-state index contributed by atoms with van der Waals surface area (Å²) in [4.78, 5) is 37.4. The van der Waals surface area contributed by atoms with Crippen LogP contribution < -0.4 is 16.5 Å². The highest BCUT2D eigenvalue weighted by molar-refractivity contribution is 5.79. The van der Waals surface area contributed by atoms with Gasteiger partial charge in [-0.05, 0) is 96.0 Å². The fraction of sp³-hybridized carbons (Fsp3) is 0.516. The number of unbranched alkanes of at least 4 members (excludes halogenated alkanes) is 1. The summed E-state index contributed by atoms with van der Waals surface area (Å²) in [5, 5.41) is 3.78. The summed E-state index contributed by atoms with van der Waals surface area (Å²) in [5.74, 6) is -0.300. The molecule has 40 heavy (non-hydrogen) atoms. The number of nitrogens with two attached hydrogens (primary N) is 1. The molecule has 2 rings (SSSR count). The molecule has 4 N–H and O–H groups in total. The molecule has 0 radical (unpaired) electrons. The molecule has 0 bridgehead atoms. The van der Waals surface area contributed by atoms with Crippen LogP contribution in [0.3, 0.4) is 0 Å². The van der Waals surface area contributed by atoms with Crippen molar-refractivity contribution in [2.45, 2.75) is 84.8 Å². The van der Waals surface area contributed by atoms with Crippen LogP contribution in [-0.2, 0) is 27.1 Å². The van der Waals surface area contributed by atoms with Crippen LogP contribution in [-0.4, -0.2) is 53.9 Å². The molecule has 9 nitrogen and oxygen atoms in total. The Morgan fingerprint density at radius 3 is 1.75 bits per heavy atom. The van der Waals surface area contributed by atoms with Crippen molar-refractivity contribution in [3.8, 4) is 11.1 Å². The third-order valence-electron chi connectivity index (χ3n) is 5.72. The first kappa shape index (κ1) is 32.6. The summed E-state index contributed by atoms with van der Waals surface area (Å²) < 4.78 is 10.5. The standard InChI is InChI=1S/C31H46N4O5/c1-30(2,3)39-28(37)33-21-22-35(34-29(38)40-31(4,5)6)27(36)19-14-24-12-17-26(18-13-24)25-15-10-23(11-16-25)9-7-8-20-32/h10-13,15-18H,7-9,14,19-22,32H2,1-6H3,(H,33,37)(H,34,38). The fourth-order valence-corrected chi connectivity index (χ4v) is 3.83. The van der Waals surface area contributed by atoms with Gasteiger partial charge in [0.15, 0.2) is 0 Å². The number of nitrogens with zero attached hydrogens (tertiary/aromatic N) is 1. The van der Waals surface area contributed by atoms with Gasteiger partial charge in [0.2, 0.25) is 5.91 Å². The third-order valence-corrected chi connectivity index (χ3v) is 5.72. The second-order valence-corrected chi connectivity index (χ2v) is 11.7. The average molecular weight is 555 g/mol. The van der Waals surface area contributed by atoms with Crippen LogP contribution in [0.5, 0.6) is 0 Å². The molecular formula is C31H46N4O5. The monoisotopic (exact) mass is 554 g/mol. The quantitative estimate of drug-likeness (QED) is 0.254. The van der Waals surface area contributed by atoms with E-state index in [1.165, 1.54) is 10.6 Å². The van der Waals surface area contributed by atoms with Crippen LogP contribution >= 0.6 is 0 Å². The van der Waals surface area contributed by atoms with E-state index in [1.54, 1.807) is 41.5 Å². The number of alkyl carbamates (subject to hydrolysis) is 1. The Bertz CT molecular complexity index is 1090. The first-order valence-electron chi connectivity index (χ1n) is 13.9. The van der Waals surface area contributed by atoms with Gasteiger partial charge in [-0.25, -0.2) is 20.0 Å². The van der Waals surface area contributed by atoms with Crippen molar-refractivity contribution in [3.63, 3.8) is 0 Å². The maximum Gasteiger partial charge on any atom is 0.426 e. The third kappa shape index (κ3) is 13.0. The summed E-state index contributed by atoms with van der Waals surface area (Å²) in [7, 11) is 0. The van der Waals surface area contributed by atoms with Crippen molar-refractivity contribution in [1.29, 1.82) is 0 Å². The van der Waals surface area contributed by atoms with Gasteiger partial charge in [0.05, 0.1) is 6.54 Å². The summed E-state index contributed by atoms with van der Waals surface area (Å²) in [6.07, 6.45) is 2.47. The highest BCUT2D eigenvalue weighted by atomic mass is 16.6. The molecule has 0 aliphatic heterocycles. The molecule has 0 unspecified atom stereocenters. The Hall–Kier alpha value is -3.59. The number of rotatable bonds is 11. The molecule has 0 heterocycles. The minimum atomic E-state index is -0.743. The van der Waals surface area contributed by atoms with Gasteiger partial charge in [-0.15, -0.1) is 0 Å². The van der Waals surface area contributed by atoms with Gasteiger partial charge in [0.1, 0.15) is 11.2 Å². The molecule has 3 amide bonds. The van der Waals surface area contributed by atoms with Crippen LogP contribution in [0, 0.1) is 0 Å². The predicted octanol–water partition coefficient (Wildman–Crippen LogP) is 5.36. The van der Waals surface area contributed by atoms with Crippen LogP contribution in [0.1, 0.15) is 71.9 Å². The molecule has 2 aromatic rings. The lowest BCUT2D eigenvalue weighted by molar-refractivity contribution is -0.134. The normalized spacial score (nSPS) is 11.5. The molecule has 9 heteroatoms. The lowest BCUT2D eigenvalue weighted by atomic mass is 9.99. The maximum absolute atomic E-state index is 13.0. The minimum Gasteiger partial charge on any atom is -0.444 e. The number of amides is 3. The second-order valence-electron chi connectivity index (χ2n) is 11.7. The fourth-order valence-electron chi connectivity index (χ4n) is 3.83. The molecule has 0 atom stereocenters. The van der Waals surface area contributed by atoms with E-state index in [4.69, 9.17) is 15.2 Å². The van der Waals surface area contributed by atoms with Gasteiger partial charge in [-0.3, -0.25) is 4.79 Å². The highest BCUT2D eigenvalue weighted by Gasteiger charge is 2.22. The predicted molar refractivity (Wildman–Crippen MR) is 158 cm³/mol. The number of nitrogens with one attached hydrogen (secondary N) is 2. The smallest absolute Gasteiger partial charge is 0.426 e. The van der Waals surface area contributed by atoms with E-state index in [0.29, 0.717) is 6.42 Å². The Balaban J connectivity index is 1.96. The lowest BCUT2D eigenvalue weighted by Crippen LogP contribution is -2.51. The van der Waals surface area contributed by atoms with E-state index in [1.807, 2.05) is 24.3 Å². The van der Waals surface area contributed by atoms with E-state index in [0.717, 1.165) is 42.5 Å². The van der Waals surface area contributed by atoms with Gasteiger partial charge in [0, 0.05) is 13.0 Å². The van der Waals surface area contributed by atoms with Crippen molar-refractivity contribution < 1.29 is 23.9 Å². The van der Waals surface area contributed by atoms with Crippen LogP contribution in [0.4, 0.5) is 9.59 Å². The zero-order chi connectivity index (χ0) is 29.8. The zero-order valence-corrected chi connectivity index (χ0v) is 24.8. The number of hydrazine groups is 1. The van der Waals surface area contributed by atoms with E-state index >= 15 is 0 Å². The van der Waals surface area contributed by atoms with Crippen molar-refractivity contribution in [2.24, 2.45) is 5.73 Å². The van der Waals surface area contributed by atoms with E-state index in [2.05, 4.69) is 35.0 Å². The largest absolute Gasteiger partial charge is 0.444 e. The maximum atomic E-state index is 13.0. The van der Waals surface area contributed by atoms with Gasteiger partial charge < -0.3 is 20.5 Å². The molecule has 0 aliphatic carbocycles. The Kier molecular flexibility index (Phi) is 12.4. The molecule has 0 fully saturated rings. The molecule has 0 aliphatic rings. The summed E-state index contributed by atoms with van der Waals surface area (Å²) in [6.45, 7) is 11.4. The number of carbonyl (C=O) groups is 3. The highest BCUT2D eigenvalue weighted by Crippen LogP contribution is 2.21. The number of ether oxygens (including phenoxy) is 2. The first-order chi connectivity index (χ1) is 18.8. The van der Waals surface area contributed by atoms with Crippen molar-refractivity contribution >= 4 is 18.1 Å². The molecule has 0 saturated heterocycles. The number of hydrogen-bond donors (Lipinski definition) is 3. The number of hydrogen-bond acceptors (Lipinski definition) is 6. The van der Waals surface area contributed by atoms with Crippen LogP contribution in [0.2, 0.25) is 0 Å². The Morgan fingerprint density at radius 1 is 0.750 bits per heavy atom. The molecule has 0 spiro atoms. The Labute approximate surface area is 238 Å². The molecule has 0 saturated carbocycles. The van der Waals surface area contributed by atoms with Crippen molar-refractivity contribution in [1.82, 2.24) is 15.8 Å².